The number of carbonyl (C=O) groups is 1. The fourth-order valence-corrected chi connectivity index (χ4v) is 3.94. The molecule has 25 heavy (non-hydrogen) atoms. The van der Waals surface area contributed by atoms with Crippen LogP contribution in [0.2, 0.25) is 0 Å². The Morgan fingerprint density at radius 1 is 1.44 bits per heavy atom. The Labute approximate surface area is 152 Å². The number of nitrogens with one attached hydrogen (secondary N) is 1. The Hall–Kier alpha value is -1.99. The van der Waals surface area contributed by atoms with Gasteiger partial charge in [0.2, 0.25) is 11.9 Å². The van der Waals surface area contributed by atoms with Crippen LogP contribution in [0.1, 0.15) is 24.4 Å². The molecule has 7 heteroatoms. The third kappa shape index (κ3) is 4.55. The van der Waals surface area contributed by atoms with Gasteiger partial charge in [-0.3, -0.25) is 4.79 Å². The van der Waals surface area contributed by atoms with Crippen LogP contribution in [-0.2, 0) is 4.79 Å². The average Bonchev–Trinajstić information content (AvgIpc) is 3.16. The number of thiophene rings is 1. The van der Waals surface area contributed by atoms with E-state index in [2.05, 4.69) is 41.9 Å². The van der Waals surface area contributed by atoms with E-state index in [1.807, 2.05) is 20.2 Å². The summed E-state index contributed by atoms with van der Waals surface area (Å²) in [6, 6.07) is 4.13. The Morgan fingerprint density at radius 3 is 2.92 bits per heavy atom. The van der Waals surface area contributed by atoms with Crippen molar-refractivity contribution in [2.75, 3.05) is 38.6 Å². The molecular weight excluding hydrogens is 334 g/mol. The molecule has 134 valence electrons. The quantitative estimate of drug-likeness (QED) is 0.856. The van der Waals surface area contributed by atoms with Gasteiger partial charge in [0.1, 0.15) is 0 Å². The number of piperidine rings is 1. The summed E-state index contributed by atoms with van der Waals surface area (Å²) < 4.78 is 0. The Balaban J connectivity index is 1.57. The van der Waals surface area contributed by atoms with E-state index in [0.717, 1.165) is 19.4 Å². The zero-order valence-electron chi connectivity index (χ0n) is 14.8. The van der Waals surface area contributed by atoms with Crippen molar-refractivity contribution in [3.05, 3.63) is 40.8 Å². The van der Waals surface area contributed by atoms with E-state index in [4.69, 9.17) is 0 Å². The molecule has 0 aliphatic carbocycles. The van der Waals surface area contributed by atoms with Crippen molar-refractivity contribution in [1.29, 1.82) is 0 Å². The van der Waals surface area contributed by atoms with Crippen molar-refractivity contribution < 1.29 is 4.79 Å². The summed E-state index contributed by atoms with van der Waals surface area (Å²) in [6.45, 7) is 2.21. The lowest BCUT2D eigenvalue weighted by atomic mass is 9.97. The molecule has 1 aliphatic heterocycles. The molecule has 6 nitrogen and oxygen atoms in total. The van der Waals surface area contributed by atoms with Gasteiger partial charge >= 0.3 is 0 Å². The molecule has 2 aromatic heterocycles. The van der Waals surface area contributed by atoms with E-state index < -0.39 is 0 Å². The van der Waals surface area contributed by atoms with Crippen molar-refractivity contribution in [2.24, 2.45) is 5.92 Å². The average molecular weight is 359 g/mol. The van der Waals surface area contributed by atoms with E-state index in [0.29, 0.717) is 19.0 Å². The van der Waals surface area contributed by atoms with Crippen molar-refractivity contribution in [3.8, 4) is 0 Å². The predicted molar refractivity (Wildman–Crippen MR) is 101 cm³/mol. The van der Waals surface area contributed by atoms with Gasteiger partial charge in [-0.15, -0.1) is 0 Å². The lowest BCUT2D eigenvalue weighted by Crippen LogP contribution is -2.45. The molecular formula is C18H25N5OS. The second kappa shape index (κ2) is 8.40. The summed E-state index contributed by atoms with van der Waals surface area (Å²) >= 11 is 1.69. The van der Waals surface area contributed by atoms with Crippen LogP contribution in [-0.4, -0.2) is 54.5 Å². The largest absolute Gasteiger partial charge is 0.354 e. The molecule has 1 aliphatic rings. The summed E-state index contributed by atoms with van der Waals surface area (Å²) in [5.41, 5.74) is 1.25. The molecule has 0 aromatic carbocycles. The minimum Gasteiger partial charge on any atom is -0.354 e. The number of likely N-dealkylation sites (N-methyl/N-ethyl adjacent to an activating group) is 1. The maximum absolute atomic E-state index is 12.7. The van der Waals surface area contributed by atoms with E-state index in [-0.39, 0.29) is 17.9 Å². The van der Waals surface area contributed by atoms with Crippen LogP contribution in [0.3, 0.4) is 0 Å². The summed E-state index contributed by atoms with van der Waals surface area (Å²) in [4.78, 5) is 25.5. The Morgan fingerprint density at radius 2 is 2.24 bits per heavy atom. The zero-order chi connectivity index (χ0) is 17.6. The van der Waals surface area contributed by atoms with Crippen LogP contribution in [0, 0.1) is 5.92 Å². The summed E-state index contributed by atoms with van der Waals surface area (Å²) in [6.07, 6.45) is 5.39. The number of carbonyl (C=O) groups excluding carboxylic acids is 1. The van der Waals surface area contributed by atoms with Crippen molar-refractivity contribution in [2.45, 2.75) is 18.9 Å². The highest BCUT2D eigenvalue weighted by Crippen LogP contribution is 2.22. The highest BCUT2D eigenvalue weighted by molar-refractivity contribution is 7.07. The van der Waals surface area contributed by atoms with Gasteiger partial charge in [-0.25, -0.2) is 9.97 Å². The van der Waals surface area contributed by atoms with Crippen molar-refractivity contribution in [1.82, 2.24) is 20.2 Å². The number of aromatic nitrogens is 2. The normalized spacial score (nSPS) is 19.0. The third-order valence-corrected chi connectivity index (χ3v) is 5.35. The van der Waals surface area contributed by atoms with Gasteiger partial charge in [-0.1, -0.05) is 0 Å². The molecule has 2 aromatic rings. The number of anilines is 1. The first-order valence-corrected chi connectivity index (χ1v) is 9.57. The molecule has 0 bridgehead atoms. The molecule has 1 N–H and O–H groups in total. The summed E-state index contributed by atoms with van der Waals surface area (Å²) in [5, 5.41) is 7.37. The maximum Gasteiger partial charge on any atom is 0.225 e. The van der Waals surface area contributed by atoms with E-state index in [1.54, 1.807) is 23.7 Å². The minimum absolute atomic E-state index is 0.0113. The van der Waals surface area contributed by atoms with Crippen molar-refractivity contribution >= 4 is 23.2 Å². The second-order valence-corrected chi connectivity index (χ2v) is 7.40. The van der Waals surface area contributed by atoms with E-state index >= 15 is 0 Å². The summed E-state index contributed by atoms with van der Waals surface area (Å²) in [5.74, 6) is 0.829. The number of nitrogens with zero attached hydrogens (tertiary/aromatic N) is 4. The minimum atomic E-state index is -0.0113. The lowest BCUT2D eigenvalue weighted by molar-refractivity contribution is -0.125. The van der Waals surface area contributed by atoms with Crippen LogP contribution in [0.15, 0.2) is 35.3 Å². The number of hydrogen-bond acceptors (Lipinski definition) is 6. The molecule has 1 fully saturated rings. The molecule has 0 saturated carbocycles. The highest BCUT2D eigenvalue weighted by atomic mass is 32.1. The van der Waals surface area contributed by atoms with Crippen LogP contribution < -0.4 is 10.2 Å². The summed E-state index contributed by atoms with van der Waals surface area (Å²) in [7, 11) is 4.09. The van der Waals surface area contributed by atoms with Gasteiger partial charge in [0.25, 0.3) is 0 Å². The van der Waals surface area contributed by atoms with Gasteiger partial charge in [0.05, 0.1) is 12.0 Å². The molecule has 1 saturated heterocycles. The number of rotatable bonds is 6. The second-order valence-electron chi connectivity index (χ2n) is 6.62. The van der Waals surface area contributed by atoms with Crippen molar-refractivity contribution in [3.63, 3.8) is 0 Å². The molecule has 3 heterocycles. The predicted octanol–water partition coefficient (Wildman–Crippen LogP) is 2.17. The monoisotopic (exact) mass is 359 g/mol. The standard InChI is InChI=1S/C18H25N5OS/c1-22(2)16(15-6-10-25-13-15)11-21-17(24)14-5-3-9-23(12-14)18-19-7-4-8-20-18/h4,6-8,10,13-14,16H,3,5,9,11-12H2,1-2H3,(H,21,24)/t14-,16+/m0/s1. The number of amides is 1. The fraction of sp³-hybridized carbons (Fsp3) is 0.500. The zero-order valence-corrected chi connectivity index (χ0v) is 15.6. The van der Waals surface area contributed by atoms with Gasteiger partial charge in [-0.2, -0.15) is 11.3 Å². The SMILES string of the molecule is CN(C)[C@H](CNC(=O)[C@H]1CCCN(c2ncccn2)C1)c1ccsc1. The molecule has 0 spiro atoms. The molecule has 1 amide bonds. The Bertz CT molecular complexity index is 661. The maximum atomic E-state index is 12.7. The molecule has 0 radical (unpaired) electrons. The van der Waals surface area contributed by atoms with Crippen LogP contribution >= 0.6 is 11.3 Å². The smallest absolute Gasteiger partial charge is 0.225 e. The lowest BCUT2D eigenvalue weighted by Gasteiger charge is -2.32. The van der Waals surface area contributed by atoms with Crippen LogP contribution in [0.4, 0.5) is 5.95 Å². The topological polar surface area (TPSA) is 61.4 Å². The third-order valence-electron chi connectivity index (χ3n) is 4.65. The van der Waals surface area contributed by atoms with Gasteiger partial charge in [0, 0.05) is 32.0 Å². The van der Waals surface area contributed by atoms with Gasteiger partial charge in [-0.05, 0) is 55.4 Å². The van der Waals surface area contributed by atoms with Gasteiger partial charge in [0.15, 0.2) is 0 Å². The first-order chi connectivity index (χ1) is 12.1. The van der Waals surface area contributed by atoms with Gasteiger partial charge < -0.3 is 15.1 Å². The molecule has 0 unspecified atom stereocenters. The molecule has 2 atom stereocenters. The number of hydrogen-bond donors (Lipinski definition) is 1. The fourth-order valence-electron chi connectivity index (χ4n) is 3.23. The van der Waals surface area contributed by atoms with Crippen LogP contribution in [0.5, 0.6) is 0 Å². The Kier molecular flexibility index (Phi) is 5.99. The highest BCUT2D eigenvalue weighted by Gasteiger charge is 2.27. The van der Waals surface area contributed by atoms with Crippen LogP contribution in [0.25, 0.3) is 0 Å². The van der Waals surface area contributed by atoms with E-state index in [1.165, 1.54) is 5.56 Å². The first kappa shape index (κ1) is 17.8. The first-order valence-electron chi connectivity index (χ1n) is 8.63. The molecule has 3 rings (SSSR count). The van der Waals surface area contributed by atoms with E-state index in [9.17, 15) is 4.79 Å².